The van der Waals surface area contributed by atoms with Crippen LogP contribution < -0.4 is 10.2 Å². The molecule has 2 aromatic rings. The molecule has 0 unspecified atom stereocenters. The van der Waals surface area contributed by atoms with Crippen LogP contribution in [0.15, 0.2) is 42.5 Å². The van der Waals surface area contributed by atoms with Crippen molar-refractivity contribution in [2.45, 2.75) is 6.54 Å². The monoisotopic (exact) mass is 409 g/mol. The van der Waals surface area contributed by atoms with Gasteiger partial charge in [0.25, 0.3) is 5.69 Å². The maximum Gasteiger partial charge on any atom is 0.322 e. The van der Waals surface area contributed by atoms with E-state index >= 15 is 0 Å². The molecule has 0 bridgehead atoms. The molecule has 2 aromatic carbocycles. The molecule has 1 aliphatic rings. The first-order valence-corrected chi connectivity index (χ1v) is 9.26. The van der Waals surface area contributed by atoms with E-state index in [-0.39, 0.29) is 11.7 Å². The molecule has 0 aliphatic carbocycles. The molecule has 0 saturated carbocycles. The molecule has 2 amide bonds. The molecule has 27 heavy (non-hydrogen) atoms. The molecule has 0 radical (unpaired) electrons. The molecule has 0 atom stereocenters. The minimum Gasteiger partial charge on any atom is -0.328 e. The van der Waals surface area contributed by atoms with Crippen LogP contribution >= 0.6 is 23.2 Å². The largest absolute Gasteiger partial charge is 0.328 e. The van der Waals surface area contributed by atoms with Gasteiger partial charge in [0.1, 0.15) is 6.54 Å². The number of nitrogens with one attached hydrogen (secondary N) is 2. The van der Waals surface area contributed by atoms with Crippen molar-refractivity contribution >= 4 is 40.6 Å². The topological polar surface area (TPSA) is 79.9 Å². The summed E-state index contributed by atoms with van der Waals surface area (Å²) in [6.07, 6.45) is 0. The smallest absolute Gasteiger partial charge is 0.322 e. The van der Waals surface area contributed by atoms with Crippen LogP contribution in [0.2, 0.25) is 10.0 Å². The standard InChI is InChI=1S/C18H18Cl2N4O3/c19-16-6-1-13(11-17(16)20)12-22-7-9-23(10-8-22)18(25)21-14-2-4-15(5-3-14)24(26)27/h1-6,11H,7-10,12H2,(H,21,25)/p+1. The summed E-state index contributed by atoms with van der Waals surface area (Å²) in [7, 11) is 0. The zero-order valence-corrected chi connectivity index (χ0v) is 16.0. The summed E-state index contributed by atoms with van der Waals surface area (Å²) in [5.74, 6) is 0. The van der Waals surface area contributed by atoms with Crippen LogP contribution in [-0.4, -0.2) is 42.0 Å². The molecule has 142 valence electrons. The first-order valence-electron chi connectivity index (χ1n) is 8.50. The van der Waals surface area contributed by atoms with Gasteiger partial charge in [-0.2, -0.15) is 0 Å². The van der Waals surface area contributed by atoms with E-state index in [1.165, 1.54) is 29.2 Å². The van der Waals surface area contributed by atoms with Gasteiger partial charge in [0.2, 0.25) is 0 Å². The fraction of sp³-hybridized carbons (Fsp3) is 0.278. The molecule has 2 N–H and O–H groups in total. The van der Waals surface area contributed by atoms with Crippen molar-refractivity contribution in [1.82, 2.24) is 4.90 Å². The first-order chi connectivity index (χ1) is 12.9. The maximum absolute atomic E-state index is 12.4. The van der Waals surface area contributed by atoms with Gasteiger partial charge in [0.05, 0.1) is 41.1 Å². The first kappa shape index (κ1) is 19.4. The van der Waals surface area contributed by atoms with Crippen molar-refractivity contribution in [2.75, 3.05) is 31.5 Å². The highest BCUT2D eigenvalue weighted by atomic mass is 35.5. The zero-order valence-electron chi connectivity index (χ0n) is 14.5. The Hall–Kier alpha value is -2.35. The summed E-state index contributed by atoms with van der Waals surface area (Å²) in [6, 6.07) is 11.2. The molecule has 0 spiro atoms. The third-order valence-corrected chi connectivity index (χ3v) is 5.26. The Morgan fingerprint density at radius 2 is 1.78 bits per heavy atom. The molecule has 0 aromatic heterocycles. The Bertz CT molecular complexity index is 837. The number of carbonyl (C=O) groups excluding carboxylic acids is 1. The molecule has 1 heterocycles. The fourth-order valence-electron chi connectivity index (χ4n) is 3.01. The number of non-ortho nitro benzene ring substituents is 1. The second kappa shape index (κ2) is 8.56. The highest BCUT2D eigenvalue weighted by molar-refractivity contribution is 6.42. The Labute approximate surface area is 166 Å². The second-order valence-electron chi connectivity index (χ2n) is 6.40. The molecule has 3 rings (SSSR count). The van der Waals surface area contributed by atoms with Crippen molar-refractivity contribution in [1.29, 1.82) is 0 Å². The van der Waals surface area contributed by atoms with Crippen LogP contribution in [0.1, 0.15) is 5.56 Å². The van der Waals surface area contributed by atoms with Crippen LogP contribution in [0.5, 0.6) is 0 Å². The van der Waals surface area contributed by atoms with Gasteiger partial charge < -0.3 is 15.1 Å². The number of nitrogens with zero attached hydrogens (tertiary/aromatic N) is 2. The minimum atomic E-state index is -0.471. The third-order valence-electron chi connectivity index (χ3n) is 4.53. The number of rotatable bonds is 4. The number of carbonyl (C=O) groups is 1. The van der Waals surface area contributed by atoms with E-state index in [0.29, 0.717) is 28.8 Å². The van der Waals surface area contributed by atoms with Gasteiger partial charge in [-0.3, -0.25) is 10.1 Å². The maximum atomic E-state index is 12.4. The number of hydrogen-bond acceptors (Lipinski definition) is 3. The van der Waals surface area contributed by atoms with Gasteiger partial charge >= 0.3 is 6.03 Å². The zero-order chi connectivity index (χ0) is 19.4. The lowest BCUT2D eigenvalue weighted by Crippen LogP contribution is -3.13. The van der Waals surface area contributed by atoms with Gasteiger partial charge in [0, 0.05) is 23.4 Å². The summed E-state index contributed by atoms with van der Waals surface area (Å²) in [4.78, 5) is 25.7. The number of halogens is 2. The van der Waals surface area contributed by atoms with E-state index in [4.69, 9.17) is 23.2 Å². The quantitative estimate of drug-likeness (QED) is 0.601. The number of hydrogen-bond donors (Lipinski definition) is 2. The predicted molar refractivity (Wildman–Crippen MR) is 105 cm³/mol. The number of amides is 2. The van der Waals surface area contributed by atoms with Crippen molar-refractivity contribution < 1.29 is 14.6 Å². The second-order valence-corrected chi connectivity index (χ2v) is 7.21. The average molecular weight is 410 g/mol. The van der Waals surface area contributed by atoms with Crippen molar-refractivity contribution in [3.63, 3.8) is 0 Å². The molecule has 1 saturated heterocycles. The van der Waals surface area contributed by atoms with Gasteiger partial charge in [-0.25, -0.2) is 4.79 Å². The van der Waals surface area contributed by atoms with Crippen LogP contribution in [0.25, 0.3) is 0 Å². The normalized spacial score (nSPS) is 14.8. The van der Waals surface area contributed by atoms with Gasteiger partial charge in [0.15, 0.2) is 0 Å². The van der Waals surface area contributed by atoms with Crippen molar-refractivity contribution in [3.8, 4) is 0 Å². The van der Waals surface area contributed by atoms with E-state index in [9.17, 15) is 14.9 Å². The van der Waals surface area contributed by atoms with Crippen LogP contribution in [0.4, 0.5) is 16.2 Å². The molecule has 7 nitrogen and oxygen atoms in total. The Balaban J connectivity index is 1.50. The van der Waals surface area contributed by atoms with Crippen molar-refractivity contribution in [2.24, 2.45) is 0 Å². The summed E-state index contributed by atoms with van der Waals surface area (Å²) < 4.78 is 0. The van der Waals surface area contributed by atoms with E-state index in [0.717, 1.165) is 25.2 Å². The lowest BCUT2D eigenvalue weighted by Gasteiger charge is -2.32. The number of nitro groups is 1. The predicted octanol–water partition coefficient (Wildman–Crippen LogP) is 2.83. The lowest BCUT2D eigenvalue weighted by atomic mass is 10.2. The van der Waals surface area contributed by atoms with Crippen LogP contribution in [0.3, 0.4) is 0 Å². The summed E-state index contributed by atoms with van der Waals surface area (Å²) in [5.41, 5.74) is 1.65. The van der Waals surface area contributed by atoms with Crippen molar-refractivity contribution in [3.05, 3.63) is 68.2 Å². The highest BCUT2D eigenvalue weighted by Gasteiger charge is 2.24. The molecule has 9 heteroatoms. The Morgan fingerprint density at radius 3 is 2.37 bits per heavy atom. The summed E-state index contributed by atoms with van der Waals surface area (Å²) >= 11 is 12.0. The number of piperazine rings is 1. The van der Waals surface area contributed by atoms with Gasteiger partial charge in [-0.1, -0.05) is 29.3 Å². The summed E-state index contributed by atoms with van der Waals surface area (Å²) in [6.45, 7) is 3.75. The molecule has 1 aliphatic heterocycles. The number of quaternary nitrogens is 1. The van der Waals surface area contributed by atoms with E-state index < -0.39 is 4.92 Å². The third kappa shape index (κ3) is 5.09. The Morgan fingerprint density at radius 1 is 1.11 bits per heavy atom. The number of nitro benzene ring substituents is 1. The number of urea groups is 1. The number of anilines is 1. The lowest BCUT2D eigenvalue weighted by molar-refractivity contribution is -0.917. The van der Waals surface area contributed by atoms with Gasteiger partial charge in [-0.15, -0.1) is 0 Å². The molecule has 1 fully saturated rings. The molecular formula is C18H19Cl2N4O3+. The SMILES string of the molecule is O=C(Nc1ccc([N+](=O)[O-])cc1)N1CC[NH+](Cc2ccc(Cl)c(Cl)c2)CC1. The summed E-state index contributed by atoms with van der Waals surface area (Å²) in [5, 5.41) is 14.5. The van der Waals surface area contributed by atoms with E-state index in [1.54, 1.807) is 11.0 Å². The average Bonchev–Trinajstić information content (AvgIpc) is 2.66. The van der Waals surface area contributed by atoms with E-state index in [1.807, 2.05) is 12.1 Å². The fourth-order valence-corrected chi connectivity index (χ4v) is 3.33. The van der Waals surface area contributed by atoms with Crippen LogP contribution in [0, 0.1) is 10.1 Å². The molecular weight excluding hydrogens is 391 g/mol. The van der Waals surface area contributed by atoms with E-state index in [2.05, 4.69) is 5.32 Å². The van der Waals surface area contributed by atoms with Crippen LogP contribution in [-0.2, 0) is 6.54 Å². The highest BCUT2D eigenvalue weighted by Crippen LogP contribution is 2.22. The number of benzene rings is 2. The Kier molecular flexibility index (Phi) is 6.15. The van der Waals surface area contributed by atoms with Gasteiger partial charge in [-0.05, 0) is 24.3 Å². The minimum absolute atomic E-state index is 0.00693.